The molecule has 132 valence electrons. The van der Waals surface area contributed by atoms with Gasteiger partial charge in [-0.25, -0.2) is 4.98 Å². The molecule has 1 saturated heterocycles. The summed E-state index contributed by atoms with van der Waals surface area (Å²) in [5.74, 6) is 1.35. The highest BCUT2D eigenvalue weighted by Crippen LogP contribution is 2.27. The van der Waals surface area contributed by atoms with Gasteiger partial charge in [0.2, 0.25) is 0 Å². The van der Waals surface area contributed by atoms with Crippen molar-refractivity contribution in [1.82, 2.24) is 24.4 Å². The van der Waals surface area contributed by atoms with E-state index in [4.69, 9.17) is 0 Å². The van der Waals surface area contributed by atoms with Crippen molar-refractivity contribution in [3.05, 3.63) is 78.4 Å². The molecule has 0 N–H and O–H groups in total. The van der Waals surface area contributed by atoms with Gasteiger partial charge in [0.25, 0.3) is 5.91 Å². The number of amides is 1. The van der Waals surface area contributed by atoms with Gasteiger partial charge in [0.05, 0.1) is 5.56 Å². The van der Waals surface area contributed by atoms with Crippen LogP contribution in [0.3, 0.4) is 0 Å². The van der Waals surface area contributed by atoms with E-state index >= 15 is 0 Å². The standard InChI is InChI=1S/C20H21N5O/c26-20(17-3-1-7-22-13-17)25-11-2-4-18(15-25)19-23-10-12-24(19)14-16-5-8-21-9-6-16/h1,3,5-10,12-13,18H,2,4,11,14-15H2/t18-/m0/s1. The van der Waals surface area contributed by atoms with Gasteiger partial charge in [-0.15, -0.1) is 0 Å². The van der Waals surface area contributed by atoms with Gasteiger partial charge in [0.15, 0.2) is 0 Å². The highest BCUT2D eigenvalue weighted by atomic mass is 16.2. The number of piperidine rings is 1. The molecule has 4 heterocycles. The minimum absolute atomic E-state index is 0.0510. The van der Waals surface area contributed by atoms with Gasteiger partial charge >= 0.3 is 0 Å². The number of hydrogen-bond acceptors (Lipinski definition) is 4. The Labute approximate surface area is 152 Å². The smallest absolute Gasteiger partial charge is 0.255 e. The second-order valence-electron chi connectivity index (χ2n) is 6.60. The van der Waals surface area contributed by atoms with Crippen LogP contribution in [0.2, 0.25) is 0 Å². The van der Waals surface area contributed by atoms with E-state index in [0.29, 0.717) is 12.1 Å². The zero-order valence-corrected chi connectivity index (χ0v) is 14.5. The van der Waals surface area contributed by atoms with Crippen LogP contribution in [0, 0.1) is 0 Å². The van der Waals surface area contributed by atoms with Crippen LogP contribution in [-0.2, 0) is 6.54 Å². The van der Waals surface area contributed by atoms with E-state index in [1.54, 1.807) is 30.9 Å². The lowest BCUT2D eigenvalue weighted by Gasteiger charge is -2.32. The van der Waals surface area contributed by atoms with Crippen LogP contribution in [0.25, 0.3) is 0 Å². The van der Waals surface area contributed by atoms with Crippen molar-refractivity contribution in [2.45, 2.75) is 25.3 Å². The molecule has 4 rings (SSSR count). The molecule has 1 fully saturated rings. The van der Waals surface area contributed by atoms with Gasteiger partial charge < -0.3 is 9.47 Å². The maximum absolute atomic E-state index is 12.7. The quantitative estimate of drug-likeness (QED) is 0.728. The fraction of sp³-hybridized carbons (Fsp3) is 0.300. The third-order valence-corrected chi connectivity index (χ3v) is 4.83. The van der Waals surface area contributed by atoms with Crippen molar-refractivity contribution in [2.24, 2.45) is 0 Å². The molecule has 3 aromatic heterocycles. The molecule has 6 heteroatoms. The summed E-state index contributed by atoms with van der Waals surface area (Å²) >= 11 is 0. The monoisotopic (exact) mass is 347 g/mol. The largest absolute Gasteiger partial charge is 0.338 e. The number of pyridine rings is 2. The fourth-order valence-corrected chi connectivity index (χ4v) is 3.54. The number of imidazole rings is 1. The number of nitrogens with zero attached hydrogens (tertiary/aromatic N) is 5. The second-order valence-corrected chi connectivity index (χ2v) is 6.60. The van der Waals surface area contributed by atoms with E-state index in [2.05, 4.69) is 19.5 Å². The van der Waals surface area contributed by atoms with Gasteiger partial charge in [-0.3, -0.25) is 14.8 Å². The van der Waals surface area contributed by atoms with Gasteiger partial charge in [-0.05, 0) is 42.7 Å². The lowest BCUT2D eigenvalue weighted by molar-refractivity contribution is 0.0703. The number of rotatable bonds is 4. The Balaban J connectivity index is 1.50. The number of hydrogen-bond donors (Lipinski definition) is 0. The molecule has 1 aliphatic heterocycles. The van der Waals surface area contributed by atoms with Crippen molar-refractivity contribution in [3.63, 3.8) is 0 Å². The van der Waals surface area contributed by atoms with Crippen LogP contribution in [0.4, 0.5) is 0 Å². The van der Waals surface area contributed by atoms with Gasteiger partial charge in [-0.2, -0.15) is 0 Å². The number of carbonyl (C=O) groups is 1. The average Bonchev–Trinajstić information content (AvgIpc) is 3.17. The summed E-state index contributed by atoms with van der Waals surface area (Å²) < 4.78 is 2.18. The summed E-state index contributed by atoms with van der Waals surface area (Å²) in [5, 5.41) is 0. The SMILES string of the molecule is O=C(c1cccnc1)N1CCC[C@H](c2nccn2Cc2ccncc2)C1. The molecular weight excluding hydrogens is 326 g/mol. The predicted octanol–water partition coefficient (Wildman–Crippen LogP) is 2.74. The Hall–Kier alpha value is -3.02. The summed E-state index contributed by atoms with van der Waals surface area (Å²) in [7, 11) is 0. The Kier molecular flexibility index (Phi) is 4.73. The van der Waals surface area contributed by atoms with Crippen LogP contribution in [0.15, 0.2) is 61.4 Å². The van der Waals surface area contributed by atoms with Crippen LogP contribution < -0.4 is 0 Å². The minimum atomic E-state index is 0.0510. The van der Waals surface area contributed by atoms with Gasteiger partial charge in [0, 0.05) is 62.7 Å². The molecule has 0 spiro atoms. The molecule has 0 radical (unpaired) electrons. The lowest BCUT2D eigenvalue weighted by Crippen LogP contribution is -2.39. The van der Waals surface area contributed by atoms with E-state index < -0.39 is 0 Å². The molecule has 1 aliphatic rings. The Bertz CT molecular complexity index is 862. The fourth-order valence-electron chi connectivity index (χ4n) is 3.54. The molecule has 1 atom stereocenters. The maximum Gasteiger partial charge on any atom is 0.255 e. The van der Waals surface area contributed by atoms with E-state index in [-0.39, 0.29) is 11.8 Å². The summed E-state index contributed by atoms with van der Waals surface area (Å²) in [6, 6.07) is 7.66. The Morgan fingerprint density at radius 2 is 2.00 bits per heavy atom. The summed E-state index contributed by atoms with van der Waals surface area (Å²) in [5.41, 5.74) is 1.84. The molecular formula is C20H21N5O. The van der Waals surface area contributed by atoms with E-state index in [0.717, 1.165) is 31.8 Å². The van der Waals surface area contributed by atoms with Crippen LogP contribution >= 0.6 is 0 Å². The Morgan fingerprint density at radius 1 is 1.12 bits per heavy atom. The minimum Gasteiger partial charge on any atom is -0.338 e. The van der Waals surface area contributed by atoms with E-state index in [1.165, 1.54) is 5.56 Å². The van der Waals surface area contributed by atoms with E-state index in [1.807, 2.05) is 35.5 Å². The van der Waals surface area contributed by atoms with E-state index in [9.17, 15) is 4.79 Å². The lowest BCUT2D eigenvalue weighted by atomic mass is 9.96. The summed E-state index contributed by atoms with van der Waals surface area (Å²) in [6.45, 7) is 2.25. The first-order valence-corrected chi connectivity index (χ1v) is 8.90. The molecule has 3 aromatic rings. The third kappa shape index (κ3) is 3.49. The average molecular weight is 347 g/mol. The Morgan fingerprint density at radius 3 is 2.81 bits per heavy atom. The first kappa shape index (κ1) is 16.4. The maximum atomic E-state index is 12.7. The molecule has 0 aliphatic carbocycles. The zero-order chi connectivity index (χ0) is 17.8. The normalized spacial score (nSPS) is 17.2. The molecule has 6 nitrogen and oxygen atoms in total. The van der Waals surface area contributed by atoms with Crippen molar-refractivity contribution in [3.8, 4) is 0 Å². The van der Waals surface area contributed by atoms with Gasteiger partial charge in [-0.1, -0.05) is 0 Å². The first-order chi connectivity index (χ1) is 12.8. The predicted molar refractivity (Wildman–Crippen MR) is 97.7 cm³/mol. The zero-order valence-electron chi connectivity index (χ0n) is 14.5. The highest BCUT2D eigenvalue weighted by Gasteiger charge is 2.28. The highest BCUT2D eigenvalue weighted by molar-refractivity contribution is 5.93. The topological polar surface area (TPSA) is 63.9 Å². The number of aromatic nitrogens is 4. The molecule has 0 unspecified atom stereocenters. The van der Waals surface area contributed by atoms with Crippen LogP contribution in [0.5, 0.6) is 0 Å². The van der Waals surface area contributed by atoms with Crippen LogP contribution in [0.1, 0.15) is 40.5 Å². The first-order valence-electron chi connectivity index (χ1n) is 8.90. The van der Waals surface area contributed by atoms with Crippen molar-refractivity contribution < 1.29 is 4.79 Å². The van der Waals surface area contributed by atoms with Gasteiger partial charge in [0.1, 0.15) is 5.82 Å². The molecule has 0 saturated carbocycles. The van der Waals surface area contributed by atoms with Crippen molar-refractivity contribution in [1.29, 1.82) is 0 Å². The summed E-state index contributed by atoms with van der Waals surface area (Å²) in [4.78, 5) is 27.4. The molecule has 0 aromatic carbocycles. The van der Waals surface area contributed by atoms with Crippen molar-refractivity contribution in [2.75, 3.05) is 13.1 Å². The van der Waals surface area contributed by atoms with Crippen molar-refractivity contribution >= 4 is 5.91 Å². The molecule has 0 bridgehead atoms. The third-order valence-electron chi connectivity index (χ3n) is 4.83. The summed E-state index contributed by atoms with van der Waals surface area (Å²) in [6.07, 6.45) is 12.8. The second kappa shape index (κ2) is 7.47. The molecule has 26 heavy (non-hydrogen) atoms. The van der Waals surface area contributed by atoms with Crippen LogP contribution in [-0.4, -0.2) is 43.4 Å². The molecule has 1 amide bonds. The number of carbonyl (C=O) groups excluding carboxylic acids is 1. The number of likely N-dealkylation sites (tertiary alicyclic amines) is 1.